The number of hydrogen-bond acceptors (Lipinski definition) is 6. The highest BCUT2D eigenvalue weighted by Crippen LogP contribution is 2.38. The van der Waals surface area contributed by atoms with Crippen molar-refractivity contribution in [2.24, 2.45) is 0 Å². The van der Waals surface area contributed by atoms with E-state index in [0.717, 1.165) is 48.4 Å². The van der Waals surface area contributed by atoms with Crippen LogP contribution in [0.5, 0.6) is 0 Å². The Morgan fingerprint density at radius 2 is 2.00 bits per heavy atom. The molecule has 0 spiro atoms. The molecule has 1 aliphatic rings. The minimum Gasteiger partial charge on any atom is -0.339 e. The van der Waals surface area contributed by atoms with E-state index in [9.17, 15) is 0 Å². The minimum absolute atomic E-state index is 0.290. The van der Waals surface area contributed by atoms with E-state index in [-0.39, 0.29) is 0 Å². The van der Waals surface area contributed by atoms with E-state index < -0.39 is 0 Å². The summed E-state index contributed by atoms with van der Waals surface area (Å²) in [5.74, 6) is 2.18. The predicted octanol–water partition coefficient (Wildman–Crippen LogP) is 3.89. The van der Waals surface area contributed by atoms with Crippen LogP contribution in [-0.2, 0) is 0 Å². The summed E-state index contributed by atoms with van der Waals surface area (Å²) < 4.78 is 7.43. The average Bonchev–Trinajstić information content (AvgIpc) is 3.23. The quantitative estimate of drug-likeness (QED) is 0.669. The van der Waals surface area contributed by atoms with Gasteiger partial charge in [-0.25, -0.2) is 14.6 Å². The van der Waals surface area contributed by atoms with Crippen LogP contribution in [0.25, 0.3) is 11.0 Å². The molecule has 0 unspecified atom stereocenters. The van der Waals surface area contributed by atoms with Crippen molar-refractivity contribution in [3.05, 3.63) is 29.4 Å². The maximum Gasteiger partial charge on any atom is 0.229 e. The largest absolute Gasteiger partial charge is 0.339 e. The highest BCUT2D eigenvalue weighted by Gasteiger charge is 2.29. The van der Waals surface area contributed by atoms with E-state index in [1.165, 1.54) is 6.33 Å². The zero-order chi connectivity index (χ0) is 16.7. The van der Waals surface area contributed by atoms with Crippen molar-refractivity contribution >= 4 is 22.6 Å². The summed E-state index contributed by atoms with van der Waals surface area (Å²) in [5.41, 5.74) is 0.804. The Bertz CT molecular complexity index is 849. The number of fused-ring (bicyclic) bond motifs is 1. The lowest BCUT2D eigenvalue weighted by Crippen LogP contribution is -2.18. The number of halogens is 1. The summed E-state index contributed by atoms with van der Waals surface area (Å²) in [4.78, 5) is 12.9. The van der Waals surface area contributed by atoms with Crippen LogP contribution in [0.15, 0.2) is 17.0 Å². The lowest BCUT2D eigenvalue weighted by Gasteiger charge is -2.26. The molecular weight excluding hydrogens is 328 g/mol. The molecule has 0 bridgehead atoms. The molecule has 0 saturated heterocycles. The molecule has 1 saturated carbocycles. The van der Waals surface area contributed by atoms with E-state index in [4.69, 9.17) is 16.1 Å². The molecule has 1 aliphatic carbocycles. The lowest BCUT2D eigenvalue weighted by molar-refractivity contribution is 0.263. The molecule has 0 amide bonds. The molecule has 0 aliphatic heterocycles. The van der Waals surface area contributed by atoms with Crippen molar-refractivity contribution in [1.82, 2.24) is 29.9 Å². The number of rotatable bonds is 3. The Morgan fingerprint density at radius 1 is 1.21 bits per heavy atom. The van der Waals surface area contributed by atoms with Gasteiger partial charge < -0.3 is 4.52 Å². The van der Waals surface area contributed by atoms with Crippen LogP contribution in [0.3, 0.4) is 0 Å². The van der Waals surface area contributed by atoms with Gasteiger partial charge in [-0.05, 0) is 25.7 Å². The van der Waals surface area contributed by atoms with Crippen LogP contribution in [-0.4, -0.2) is 29.9 Å². The van der Waals surface area contributed by atoms with E-state index in [0.29, 0.717) is 23.0 Å². The first-order valence-electron chi connectivity index (χ1n) is 8.30. The van der Waals surface area contributed by atoms with Crippen molar-refractivity contribution in [3.8, 4) is 0 Å². The number of nitrogens with zero attached hydrogens (tertiary/aromatic N) is 6. The summed E-state index contributed by atoms with van der Waals surface area (Å²) in [6.07, 6.45) is 7.25. The smallest absolute Gasteiger partial charge is 0.229 e. The van der Waals surface area contributed by atoms with Crippen LogP contribution >= 0.6 is 11.6 Å². The average molecular weight is 347 g/mol. The fraction of sp³-hybridized carbons (Fsp3) is 0.562. The summed E-state index contributed by atoms with van der Waals surface area (Å²) in [5, 5.41) is 9.81. The van der Waals surface area contributed by atoms with Crippen molar-refractivity contribution in [2.45, 2.75) is 57.4 Å². The third-order valence-corrected chi connectivity index (χ3v) is 5.01. The maximum atomic E-state index is 6.11. The van der Waals surface area contributed by atoms with E-state index in [1.807, 2.05) is 4.68 Å². The Morgan fingerprint density at radius 3 is 2.71 bits per heavy atom. The fourth-order valence-electron chi connectivity index (χ4n) is 3.32. The summed E-state index contributed by atoms with van der Waals surface area (Å²) in [7, 11) is 0. The second-order valence-corrected chi connectivity index (χ2v) is 7.00. The molecule has 0 radical (unpaired) electrons. The van der Waals surface area contributed by atoms with Gasteiger partial charge >= 0.3 is 0 Å². The van der Waals surface area contributed by atoms with Crippen molar-refractivity contribution < 1.29 is 4.52 Å². The molecule has 0 aromatic carbocycles. The molecule has 24 heavy (non-hydrogen) atoms. The van der Waals surface area contributed by atoms with Crippen LogP contribution in [0.2, 0.25) is 5.15 Å². The lowest BCUT2D eigenvalue weighted by atomic mass is 9.86. The Kier molecular flexibility index (Phi) is 3.96. The first kappa shape index (κ1) is 15.5. The van der Waals surface area contributed by atoms with Gasteiger partial charge in [0.2, 0.25) is 5.89 Å². The van der Waals surface area contributed by atoms with Crippen LogP contribution < -0.4 is 0 Å². The van der Waals surface area contributed by atoms with Gasteiger partial charge in [0.05, 0.1) is 17.6 Å². The molecule has 3 aromatic rings. The number of aromatic nitrogens is 6. The third-order valence-electron chi connectivity index (χ3n) is 4.71. The number of hydrogen-bond donors (Lipinski definition) is 0. The zero-order valence-corrected chi connectivity index (χ0v) is 14.4. The standard InChI is InChI=1S/C16H19ClN6O/c1-9(2)14-21-16(24-22-14)10-3-5-11(6-4-10)23-15-12(7-20-23)13(17)18-8-19-15/h7-11H,3-6H2,1-2H3. The van der Waals surface area contributed by atoms with Gasteiger partial charge in [0.25, 0.3) is 0 Å². The second-order valence-electron chi connectivity index (χ2n) is 6.64. The third kappa shape index (κ3) is 2.66. The first-order valence-corrected chi connectivity index (χ1v) is 8.68. The van der Waals surface area contributed by atoms with Crippen molar-refractivity contribution in [1.29, 1.82) is 0 Å². The molecule has 3 heterocycles. The molecule has 0 N–H and O–H groups in total. The van der Waals surface area contributed by atoms with Crippen LogP contribution in [0.1, 0.15) is 69.1 Å². The Hall–Kier alpha value is -2.02. The minimum atomic E-state index is 0.290. The zero-order valence-electron chi connectivity index (χ0n) is 13.7. The normalized spacial score (nSPS) is 21.7. The molecule has 3 aromatic heterocycles. The van der Waals surface area contributed by atoms with Crippen LogP contribution in [0, 0.1) is 0 Å². The van der Waals surface area contributed by atoms with E-state index in [2.05, 4.69) is 39.1 Å². The van der Waals surface area contributed by atoms with Gasteiger partial charge in [-0.2, -0.15) is 10.1 Å². The first-order chi connectivity index (χ1) is 11.6. The van der Waals surface area contributed by atoms with Gasteiger partial charge in [-0.1, -0.05) is 30.6 Å². The van der Waals surface area contributed by atoms with Gasteiger partial charge in [-0.15, -0.1) is 0 Å². The monoisotopic (exact) mass is 346 g/mol. The second kappa shape index (κ2) is 6.12. The molecule has 1 fully saturated rings. The maximum absolute atomic E-state index is 6.11. The predicted molar refractivity (Wildman–Crippen MR) is 89.0 cm³/mol. The molecular formula is C16H19ClN6O. The van der Waals surface area contributed by atoms with Gasteiger partial charge in [0, 0.05) is 11.8 Å². The van der Waals surface area contributed by atoms with Crippen molar-refractivity contribution in [2.75, 3.05) is 0 Å². The molecule has 4 rings (SSSR count). The molecule has 8 heteroatoms. The molecule has 0 atom stereocenters. The summed E-state index contributed by atoms with van der Waals surface area (Å²) >= 11 is 6.11. The summed E-state index contributed by atoms with van der Waals surface area (Å²) in [6, 6.07) is 0.317. The fourth-order valence-corrected chi connectivity index (χ4v) is 3.49. The SMILES string of the molecule is CC(C)c1noc(C2CCC(n3ncc4c(Cl)ncnc43)CC2)n1. The van der Waals surface area contributed by atoms with Gasteiger partial charge in [0.1, 0.15) is 11.5 Å². The van der Waals surface area contributed by atoms with Gasteiger partial charge in [-0.3, -0.25) is 0 Å². The Balaban J connectivity index is 1.50. The van der Waals surface area contributed by atoms with E-state index >= 15 is 0 Å². The van der Waals surface area contributed by atoms with Gasteiger partial charge in [0.15, 0.2) is 11.5 Å². The molecule has 126 valence electrons. The highest BCUT2D eigenvalue weighted by molar-refractivity contribution is 6.33. The molecule has 7 nitrogen and oxygen atoms in total. The van der Waals surface area contributed by atoms with Crippen LogP contribution in [0.4, 0.5) is 0 Å². The topological polar surface area (TPSA) is 82.5 Å². The highest BCUT2D eigenvalue weighted by atomic mass is 35.5. The Labute approximate surface area is 144 Å². The van der Waals surface area contributed by atoms with Crippen molar-refractivity contribution in [3.63, 3.8) is 0 Å². The van der Waals surface area contributed by atoms with E-state index in [1.54, 1.807) is 6.20 Å². The summed E-state index contributed by atoms with van der Waals surface area (Å²) in [6.45, 7) is 4.14.